The quantitative estimate of drug-likeness (QED) is 0.236. The molecule has 1 aliphatic carbocycles. The second kappa shape index (κ2) is 7.41. The lowest BCUT2D eigenvalue weighted by Crippen LogP contribution is -2.37. The van der Waals surface area contributed by atoms with Gasteiger partial charge in [0.15, 0.2) is 11.6 Å². The summed E-state index contributed by atoms with van der Waals surface area (Å²) in [6.07, 6.45) is 0.607. The van der Waals surface area contributed by atoms with Gasteiger partial charge in [0.1, 0.15) is 0 Å². The van der Waals surface area contributed by atoms with Gasteiger partial charge in [0.2, 0.25) is 5.91 Å². The van der Waals surface area contributed by atoms with Crippen molar-refractivity contribution in [1.82, 2.24) is 5.32 Å². The van der Waals surface area contributed by atoms with E-state index in [1.807, 2.05) is 0 Å². The maximum atomic E-state index is 11.2. The normalized spacial score (nSPS) is 28.9. The average Bonchev–Trinajstić information content (AvgIpc) is 2.65. The van der Waals surface area contributed by atoms with Crippen LogP contribution in [0.1, 0.15) is 32.6 Å². The Hall–Kier alpha value is -1.87. The number of aliphatic hydroxyl groups is 2. The highest BCUT2D eigenvalue weighted by Gasteiger charge is 2.49. The van der Waals surface area contributed by atoms with E-state index in [2.05, 4.69) is 10.3 Å². The molecule has 4 unspecified atom stereocenters. The Morgan fingerprint density at radius 3 is 2.50 bits per heavy atom. The minimum absolute atomic E-state index is 0.00864. The summed E-state index contributed by atoms with van der Waals surface area (Å²) in [4.78, 5) is 26.4. The third kappa shape index (κ3) is 4.85. The van der Waals surface area contributed by atoms with Crippen LogP contribution >= 0.6 is 0 Å². The van der Waals surface area contributed by atoms with Gasteiger partial charge in [0.05, 0.1) is 6.04 Å². The highest BCUT2D eigenvalue weighted by molar-refractivity contribution is 5.79. The highest BCUT2D eigenvalue weighted by atomic mass is 16.4. The molecule has 0 spiro atoms. The molecule has 1 rings (SSSR count). The van der Waals surface area contributed by atoms with Gasteiger partial charge in [-0.05, 0) is 25.2 Å². The lowest BCUT2D eigenvalue weighted by molar-refractivity contribution is -0.158. The average molecular weight is 316 g/mol. The lowest BCUT2D eigenvalue weighted by Gasteiger charge is -2.23. The van der Waals surface area contributed by atoms with Crippen molar-refractivity contribution >= 4 is 17.8 Å². The maximum Gasteiger partial charge on any atom is 0.335 e. The summed E-state index contributed by atoms with van der Waals surface area (Å²) >= 11 is 0. The fourth-order valence-electron chi connectivity index (χ4n) is 2.98. The van der Waals surface area contributed by atoms with E-state index in [9.17, 15) is 14.7 Å². The zero-order chi connectivity index (χ0) is 16.9. The number of carbonyl (C=O) groups is 2. The summed E-state index contributed by atoms with van der Waals surface area (Å²) in [7, 11) is 0. The van der Waals surface area contributed by atoms with Crippen molar-refractivity contribution in [3.63, 3.8) is 0 Å². The third-order valence-electron chi connectivity index (χ3n) is 3.88. The molecular formula is C13H24N4O5. The number of aliphatic imine (C=N–C) groups is 1. The van der Waals surface area contributed by atoms with Crippen molar-refractivity contribution in [2.45, 2.75) is 50.3 Å². The number of aliphatic hydroxyl groups excluding tert-OH is 1. The molecule has 4 atom stereocenters. The molecule has 1 saturated carbocycles. The number of carboxylic acids is 1. The number of carboxylic acid groups (broad SMARTS) is 1. The Balaban J connectivity index is 2.89. The zero-order valence-corrected chi connectivity index (χ0v) is 12.5. The van der Waals surface area contributed by atoms with Gasteiger partial charge in [0, 0.05) is 26.0 Å². The van der Waals surface area contributed by atoms with Gasteiger partial charge in [-0.2, -0.15) is 0 Å². The van der Waals surface area contributed by atoms with Crippen LogP contribution in [0.3, 0.4) is 0 Å². The Morgan fingerprint density at radius 2 is 2.05 bits per heavy atom. The summed E-state index contributed by atoms with van der Waals surface area (Å²) in [6.45, 7) is 1.24. The van der Waals surface area contributed by atoms with Gasteiger partial charge in [-0.3, -0.25) is 4.79 Å². The molecule has 1 fully saturated rings. The summed E-state index contributed by atoms with van der Waals surface area (Å²) < 4.78 is 0. The molecule has 9 heteroatoms. The van der Waals surface area contributed by atoms with Crippen LogP contribution in [0.25, 0.3) is 0 Å². The van der Waals surface area contributed by atoms with Gasteiger partial charge in [-0.1, -0.05) is 0 Å². The number of nitrogens with one attached hydrogen (secondary N) is 1. The van der Waals surface area contributed by atoms with E-state index in [-0.39, 0.29) is 43.3 Å². The molecule has 0 heterocycles. The summed E-state index contributed by atoms with van der Waals surface area (Å²) in [6, 6.07) is -0.874. The molecule has 0 aliphatic heterocycles. The number of aliphatic carboxylic acids is 1. The van der Waals surface area contributed by atoms with E-state index in [0.29, 0.717) is 12.8 Å². The summed E-state index contributed by atoms with van der Waals surface area (Å²) in [5.41, 5.74) is 8.84. The topological polar surface area (TPSA) is 171 Å². The van der Waals surface area contributed by atoms with Crippen molar-refractivity contribution in [2.75, 3.05) is 6.61 Å². The van der Waals surface area contributed by atoms with E-state index >= 15 is 0 Å². The third-order valence-corrected chi connectivity index (χ3v) is 3.88. The molecule has 0 aromatic carbocycles. The molecule has 0 radical (unpaired) electrons. The fraction of sp³-hybridized carbons (Fsp3) is 0.769. The number of hydrogen-bond acceptors (Lipinski definition) is 5. The van der Waals surface area contributed by atoms with Crippen LogP contribution in [0.15, 0.2) is 4.99 Å². The van der Waals surface area contributed by atoms with Gasteiger partial charge >= 0.3 is 5.97 Å². The van der Waals surface area contributed by atoms with Crippen molar-refractivity contribution in [1.29, 1.82) is 0 Å². The van der Waals surface area contributed by atoms with Crippen molar-refractivity contribution in [3.05, 3.63) is 0 Å². The van der Waals surface area contributed by atoms with Crippen molar-refractivity contribution in [2.24, 2.45) is 22.4 Å². The molecule has 0 aromatic rings. The number of hydrogen-bond donors (Lipinski definition) is 6. The molecule has 126 valence electrons. The van der Waals surface area contributed by atoms with Crippen LogP contribution < -0.4 is 16.8 Å². The smallest absolute Gasteiger partial charge is 0.335 e. The Kier molecular flexibility index (Phi) is 6.12. The van der Waals surface area contributed by atoms with Crippen LogP contribution in [-0.2, 0) is 9.59 Å². The van der Waals surface area contributed by atoms with Crippen LogP contribution in [0.2, 0.25) is 0 Å². The Morgan fingerprint density at radius 1 is 1.41 bits per heavy atom. The largest absolute Gasteiger partial charge is 0.479 e. The Labute approximate surface area is 128 Å². The van der Waals surface area contributed by atoms with Gasteiger partial charge in [0.25, 0.3) is 0 Å². The van der Waals surface area contributed by atoms with Crippen molar-refractivity contribution in [3.8, 4) is 0 Å². The van der Waals surface area contributed by atoms with Crippen molar-refractivity contribution < 1.29 is 24.9 Å². The van der Waals surface area contributed by atoms with Crippen LogP contribution in [-0.4, -0.2) is 57.4 Å². The van der Waals surface area contributed by atoms with Crippen LogP contribution in [0.4, 0.5) is 0 Å². The first-order chi connectivity index (χ1) is 10.2. The Bertz CT molecular complexity index is 452. The first-order valence-corrected chi connectivity index (χ1v) is 7.10. The number of carbonyl (C=O) groups excluding carboxylic acids is 1. The number of amides is 1. The number of nitrogens with zero attached hydrogens (tertiary/aromatic N) is 1. The molecule has 8 N–H and O–H groups in total. The first-order valence-electron chi connectivity index (χ1n) is 7.10. The standard InChI is InChI=1S/C13H24N4O5/c1-7(19)16-9(2-3-18)4-8-5-13(22,11(20)21)6-10(8)17-12(14)15/h8-10,18,22H,2-6H2,1H3,(H,16,19)(H,20,21)(H4,14,15,17). The van der Waals surface area contributed by atoms with E-state index in [1.54, 1.807) is 0 Å². The second-order valence-corrected chi connectivity index (χ2v) is 5.77. The number of rotatable bonds is 7. The number of nitrogens with two attached hydrogens (primary N) is 2. The molecule has 22 heavy (non-hydrogen) atoms. The van der Waals surface area contributed by atoms with E-state index < -0.39 is 17.6 Å². The molecule has 9 nitrogen and oxygen atoms in total. The molecular weight excluding hydrogens is 292 g/mol. The van der Waals surface area contributed by atoms with Gasteiger partial charge in [-0.25, -0.2) is 9.79 Å². The fourth-order valence-corrected chi connectivity index (χ4v) is 2.98. The zero-order valence-electron chi connectivity index (χ0n) is 12.5. The van der Waals surface area contributed by atoms with Gasteiger partial charge < -0.3 is 32.1 Å². The van der Waals surface area contributed by atoms with E-state index in [4.69, 9.17) is 21.7 Å². The maximum absolute atomic E-state index is 11.2. The number of guanidine groups is 1. The van der Waals surface area contributed by atoms with Crippen LogP contribution in [0.5, 0.6) is 0 Å². The summed E-state index contributed by atoms with van der Waals surface area (Å²) in [5.74, 6) is -2.05. The van der Waals surface area contributed by atoms with Gasteiger partial charge in [-0.15, -0.1) is 0 Å². The second-order valence-electron chi connectivity index (χ2n) is 5.77. The molecule has 0 aromatic heterocycles. The van der Waals surface area contributed by atoms with E-state index in [1.165, 1.54) is 6.92 Å². The predicted octanol–water partition coefficient (Wildman–Crippen LogP) is -1.87. The molecule has 1 aliphatic rings. The molecule has 0 bridgehead atoms. The SMILES string of the molecule is CC(=O)NC(CCO)CC1CC(O)(C(=O)O)CC1N=C(N)N. The monoisotopic (exact) mass is 316 g/mol. The molecule has 0 saturated heterocycles. The highest BCUT2D eigenvalue weighted by Crippen LogP contribution is 2.39. The van der Waals surface area contributed by atoms with E-state index in [0.717, 1.165) is 0 Å². The minimum atomic E-state index is -1.88. The lowest BCUT2D eigenvalue weighted by atomic mass is 9.92. The summed E-state index contributed by atoms with van der Waals surface area (Å²) in [5, 5.41) is 31.1. The first kappa shape index (κ1) is 18.2. The minimum Gasteiger partial charge on any atom is -0.479 e. The van der Waals surface area contributed by atoms with Crippen LogP contribution in [0, 0.1) is 5.92 Å². The predicted molar refractivity (Wildman–Crippen MR) is 78.8 cm³/mol. The molecule has 1 amide bonds.